The van der Waals surface area contributed by atoms with Gasteiger partial charge in [0.25, 0.3) is 0 Å². The number of benzene rings is 2. The van der Waals surface area contributed by atoms with Crippen molar-refractivity contribution in [2.75, 3.05) is 25.1 Å². The molecular formula is C25H28N2O3. The maximum atomic E-state index is 13.4. The van der Waals surface area contributed by atoms with Crippen LogP contribution in [0.4, 0.5) is 5.69 Å². The Bertz CT molecular complexity index is 986. The van der Waals surface area contributed by atoms with Crippen molar-refractivity contribution in [1.82, 2.24) is 4.90 Å². The number of carbonyl (C=O) groups excluding carboxylic acids is 2. The van der Waals surface area contributed by atoms with E-state index in [0.717, 1.165) is 49.2 Å². The third-order valence-corrected chi connectivity index (χ3v) is 6.88. The summed E-state index contributed by atoms with van der Waals surface area (Å²) >= 11 is 0. The van der Waals surface area contributed by atoms with Crippen molar-refractivity contribution in [1.29, 1.82) is 0 Å². The second-order valence-corrected chi connectivity index (χ2v) is 8.68. The van der Waals surface area contributed by atoms with Crippen LogP contribution in [0.2, 0.25) is 0 Å². The lowest BCUT2D eigenvalue weighted by Gasteiger charge is -2.28. The van der Waals surface area contributed by atoms with E-state index in [2.05, 4.69) is 18.2 Å². The molecule has 2 fully saturated rings. The van der Waals surface area contributed by atoms with Crippen LogP contribution in [0.3, 0.4) is 0 Å². The van der Waals surface area contributed by atoms with Crippen LogP contribution in [-0.4, -0.2) is 36.9 Å². The molecule has 0 spiro atoms. The van der Waals surface area contributed by atoms with E-state index in [1.165, 1.54) is 17.5 Å². The minimum Gasteiger partial charge on any atom is -0.497 e. The van der Waals surface area contributed by atoms with Crippen molar-refractivity contribution in [3.8, 4) is 5.75 Å². The zero-order valence-electron chi connectivity index (χ0n) is 17.5. The molecule has 5 heteroatoms. The molecule has 2 unspecified atom stereocenters. The average molecular weight is 405 g/mol. The standard InChI is InChI=1S/C25H28N2O3/c1-30-22-8-3-7-19(14-22)23-9-4-12-26(23)25(29)20-15-24(28)27(16-20)21-11-10-17-5-2-6-18(17)13-21/h3,7-8,10-11,13-14,20,23H,2,4-6,9,12,15-16H2,1H3. The van der Waals surface area contributed by atoms with Gasteiger partial charge in [0.05, 0.1) is 19.1 Å². The molecule has 156 valence electrons. The molecule has 0 radical (unpaired) electrons. The Kier molecular flexibility index (Phi) is 4.97. The van der Waals surface area contributed by atoms with Gasteiger partial charge in [-0.3, -0.25) is 9.59 Å². The van der Waals surface area contributed by atoms with E-state index in [0.29, 0.717) is 13.0 Å². The van der Waals surface area contributed by atoms with Crippen LogP contribution in [0.1, 0.15) is 48.4 Å². The summed E-state index contributed by atoms with van der Waals surface area (Å²) in [4.78, 5) is 30.0. The van der Waals surface area contributed by atoms with Crippen molar-refractivity contribution < 1.29 is 14.3 Å². The van der Waals surface area contributed by atoms with E-state index >= 15 is 0 Å². The molecule has 5 rings (SSSR count). The highest BCUT2D eigenvalue weighted by molar-refractivity contribution is 6.00. The first-order chi connectivity index (χ1) is 14.6. The molecule has 2 aromatic carbocycles. The van der Waals surface area contributed by atoms with E-state index in [9.17, 15) is 9.59 Å². The van der Waals surface area contributed by atoms with Crippen LogP contribution in [0.15, 0.2) is 42.5 Å². The fraction of sp³-hybridized carbons (Fsp3) is 0.440. The minimum absolute atomic E-state index is 0.0587. The topological polar surface area (TPSA) is 49.9 Å². The number of likely N-dealkylation sites (tertiary alicyclic amines) is 1. The number of rotatable bonds is 4. The molecule has 2 aliphatic heterocycles. The van der Waals surface area contributed by atoms with Crippen LogP contribution in [0.25, 0.3) is 0 Å². The number of fused-ring (bicyclic) bond motifs is 1. The number of carbonyl (C=O) groups is 2. The number of hydrogen-bond acceptors (Lipinski definition) is 3. The van der Waals surface area contributed by atoms with Gasteiger partial charge in [0.1, 0.15) is 5.75 Å². The molecule has 1 aliphatic carbocycles. The minimum atomic E-state index is -0.267. The first-order valence-electron chi connectivity index (χ1n) is 11.0. The maximum Gasteiger partial charge on any atom is 0.228 e. The Labute approximate surface area is 177 Å². The summed E-state index contributed by atoms with van der Waals surface area (Å²) in [5.74, 6) is 0.711. The summed E-state index contributed by atoms with van der Waals surface area (Å²) < 4.78 is 5.36. The van der Waals surface area contributed by atoms with Gasteiger partial charge in [-0.25, -0.2) is 0 Å². The number of anilines is 1. The molecule has 0 aromatic heterocycles. The van der Waals surface area contributed by atoms with E-state index in [1.54, 1.807) is 7.11 Å². The smallest absolute Gasteiger partial charge is 0.228 e. The number of hydrogen-bond donors (Lipinski definition) is 0. The first-order valence-corrected chi connectivity index (χ1v) is 11.0. The van der Waals surface area contributed by atoms with Gasteiger partial charge < -0.3 is 14.5 Å². The van der Waals surface area contributed by atoms with Crippen LogP contribution in [-0.2, 0) is 22.4 Å². The van der Waals surface area contributed by atoms with Gasteiger partial charge in [0.15, 0.2) is 0 Å². The fourth-order valence-electron chi connectivity index (χ4n) is 5.31. The zero-order chi connectivity index (χ0) is 20.7. The summed E-state index contributed by atoms with van der Waals surface area (Å²) in [6, 6.07) is 14.4. The van der Waals surface area contributed by atoms with Crippen molar-refractivity contribution >= 4 is 17.5 Å². The van der Waals surface area contributed by atoms with E-state index in [4.69, 9.17) is 4.74 Å². The first kappa shape index (κ1) is 19.2. The Balaban J connectivity index is 1.33. The number of ether oxygens (including phenoxy) is 1. The number of methoxy groups -OCH3 is 1. The van der Waals surface area contributed by atoms with Gasteiger partial charge >= 0.3 is 0 Å². The van der Waals surface area contributed by atoms with Gasteiger partial charge in [-0.15, -0.1) is 0 Å². The predicted octanol–water partition coefficient (Wildman–Crippen LogP) is 3.90. The largest absolute Gasteiger partial charge is 0.497 e. The number of nitrogens with zero attached hydrogens (tertiary/aromatic N) is 2. The highest BCUT2D eigenvalue weighted by atomic mass is 16.5. The highest BCUT2D eigenvalue weighted by Gasteiger charge is 2.40. The Morgan fingerprint density at radius 3 is 2.80 bits per heavy atom. The van der Waals surface area contributed by atoms with Gasteiger partial charge in [-0.2, -0.15) is 0 Å². The molecule has 0 saturated carbocycles. The molecular weight excluding hydrogens is 376 g/mol. The van der Waals surface area contributed by atoms with Crippen LogP contribution >= 0.6 is 0 Å². The summed E-state index contributed by atoms with van der Waals surface area (Å²) in [7, 11) is 1.66. The molecule has 2 amide bonds. The maximum absolute atomic E-state index is 13.4. The molecule has 0 bridgehead atoms. The second-order valence-electron chi connectivity index (χ2n) is 8.68. The van der Waals surface area contributed by atoms with Crippen molar-refractivity contribution in [3.05, 3.63) is 59.2 Å². The summed E-state index contributed by atoms with van der Waals surface area (Å²) in [5, 5.41) is 0. The zero-order valence-corrected chi connectivity index (χ0v) is 17.5. The van der Waals surface area contributed by atoms with Gasteiger partial charge in [0.2, 0.25) is 11.8 Å². The Morgan fingerprint density at radius 2 is 1.93 bits per heavy atom. The third kappa shape index (κ3) is 3.36. The Morgan fingerprint density at radius 1 is 1.07 bits per heavy atom. The molecule has 3 aliphatic rings. The van der Waals surface area contributed by atoms with Crippen LogP contribution in [0, 0.1) is 5.92 Å². The molecule has 5 nitrogen and oxygen atoms in total. The van der Waals surface area contributed by atoms with E-state index < -0.39 is 0 Å². The lowest BCUT2D eigenvalue weighted by molar-refractivity contribution is -0.136. The molecule has 2 atom stereocenters. The van der Waals surface area contributed by atoms with Crippen LogP contribution in [0.5, 0.6) is 5.75 Å². The van der Waals surface area contributed by atoms with Crippen molar-refractivity contribution in [2.24, 2.45) is 5.92 Å². The third-order valence-electron chi connectivity index (χ3n) is 6.88. The van der Waals surface area contributed by atoms with Crippen LogP contribution < -0.4 is 9.64 Å². The average Bonchev–Trinajstić information content (AvgIpc) is 3.52. The number of amides is 2. The van der Waals surface area contributed by atoms with Crippen molar-refractivity contribution in [2.45, 2.75) is 44.6 Å². The van der Waals surface area contributed by atoms with Gasteiger partial charge in [-0.1, -0.05) is 18.2 Å². The number of aryl methyl sites for hydroxylation is 2. The second kappa shape index (κ2) is 7.78. The van der Waals surface area contributed by atoms with Gasteiger partial charge in [0, 0.05) is 25.2 Å². The Hall–Kier alpha value is -2.82. The molecule has 2 heterocycles. The SMILES string of the molecule is COc1cccc(C2CCCN2C(=O)C2CC(=O)N(c3ccc4c(c3)CCC4)C2)c1. The quantitative estimate of drug-likeness (QED) is 0.777. The fourth-order valence-corrected chi connectivity index (χ4v) is 5.31. The predicted molar refractivity (Wildman–Crippen MR) is 116 cm³/mol. The van der Waals surface area contributed by atoms with Gasteiger partial charge in [-0.05, 0) is 73.1 Å². The normalized spacial score (nSPS) is 23.2. The molecule has 2 aromatic rings. The van der Waals surface area contributed by atoms with Crippen molar-refractivity contribution in [3.63, 3.8) is 0 Å². The summed E-state index contributed by atoms with van der Waals surface area (Å²) in [6.07, 6.45) is 5.65. The highest BCUT2D eigenvalue weighted by Crippen LogP contribution is 2.37. The molecule has 0 N–H and O–H groups in total. The van der Waals surface area contributed by atoms with E-state index in [-0.39, 0.29) is 23.8 Å². The summed E-state index contributed by atoms with van der Waals surface area (Å²) in [5.41, 5.74) is 4.81. The molecule has 30 heavy (non-hydrogen) atoms. The lowest BCUT2D eigenvalue weighted by Crippen LogP contribution is -2.37. The van der Waals surface area contributed by atoms with E-state index in [1.807, 2.05) is 34.1 Å². The molecule has 2 saturated heterocycles. The summed E-state index contributed by atoms with van der Waals surface area (Å²) in [6.45, 7) is 1.24. The lowest BCUT2D eigenvalue weighted by atomic mass is 10.0. The monoisotopic (exact) mass is 404 g/mol.